The SMILES string of the molecule is CCC1CCCC(NC(=O)c2cc(F)ccc2N)C1. The van der Waals surface area contributed by atoms with Gasteiger partial charge in [0.2, 0.25) is 0 Å². The Labute approximate surface area is 113 Å². The van der Waals surface area contributed by atoms with E-state index in [4.69, 9.17) is 5.73 Å². The molecule has 1 fully saturated rings. The van der Waals surface area contributed by atoms with E-state index in [1.54, 1.807) is 0 Å². The summed E-state index contributed by atoms with van der Waals surface area (Å²) in [5, 5.41) is 2.98. The van der Waals surface area contributed by atoms with Crippen LogP contribution < -0.4 is 11.1 Å². The van der Waals surface area contributed by atoms with Crippen LogP contribution >= 0.6 is 0 Å². The number of nitrogens with one attached hydrogen (secondary N) is 1. The van der Waals surface area contributed by atoms with E-state index >= 15 is 0 Å². The van der Waals surface area contributed by atoms with Gasteiger partial charge in [-0.1, -0.05) is 26.2 Å². The second kappa shape index (κ2) is 6.04. The molecule has 1 amide bonds. The molecule has 0 spiro atoms. The van der Waals surface area contributed by atoms with Crippen molar-refractivity contribution in [1.82, 2.24) is 5.32 Å². The quantitative estimate of drug-likeness (QED) is 0.824. The Bertz CT molecular complexity index is 461. The van der Waals surface area contributed by atoms with Crippen LogP contribution in [0.3, 0.4) is 0 Å². The number of anilines is 1. The fraction of sp³-hybridized carbons (Fsp3) is 0.533. The Hall–Kier alpha value is -1.58. The first kappa shape index (κ1) is 13.8. The van der Waals surface area contributed by atoms with Crippen LogP contribution in [-0.2, 0) is 0 Å². The van der Waals surface area contributed by atoms with E-state index in [0.29, 0.717) is 11.6 Å². The third-order valence-corrected chi connectivity index (χ3v) is 3.96. The largest absolute Gasteiger partial charge is 0.398 e. The van der Waals surface area contributed by atoms with Gasteiger partial charge in [-0.05, 0) is 37.0 Å². The number of carbonyl (C=O) groups is 1. The van der Waals surface area contributed by atoms with Crippen LogP contribution in [0.5, 0.6) is 0 Å². The molecule has 2 atom stereocenters. The number of nitrogen functional groups attached to an aromatic ring is 1. The minimum absolute atomic E-state index is 0.189. The lowest BCUT2D eigenvalue weighted by molar-refractivity contribution is 0.0919. The zero-order chi connectivity index (χ0) is 13.8. The van der Waals surface area contributed by atoms with Gasteiger partial charge in [0.1, 0.15) is 5.82 Å². The summed E-state index contributed by atoms with van der Waals surface area (Å²) in [7, 11) is 0. The third kappa shape index (κ3) is 3.46. The van der Waals surface area contributed by atoms with Gasteiger partial charge in [0, 0.05) is 11.7 Å². The second-order valence-corrected chi connectivity index (χ2v) is 5.34. The van der Waals surface area contributed by atoms with Crippen molar-refractivity contribution >= 4 is 11.6 Å². The fourth-order valence-corrected chi connectivity index (χ4v) is 2.78. The molecular formula is C15H21FN2O. The molecule has 4 heteroatoms. The molecule has 2 unspecified atom stereocenters. The van der Waals surface area contributed by atoms with Gasteiger partial charge >= 0.3 is 0 Å². The Balaban J connectivity index is 2.02. The number of halogens is 1. The third-order valence-electron chi connectivity index (χ3n) is 3.96. The molecule has 0 aliphatic heterocycles. The highest BCUT2D eigenvalue weighted by Crippen LogP contribution is 2.27. The summed E-state index contributed by atoms with van der Waals surface area (Å²) in [6, 6.07) is 4.08. The average molecular weight is 264 g/mol. The van der Waals surface area contributed by atoms with Crippen molar-refractivity contribution in [2.24, 2.45) is 5.92 Å². The van der Waals surface area contributed by atoms with Crippen LogP contribution in [0.15, 0.2) is 18.2 Å². The molecule has 0 saturated heterocycles. The van der Waals surface area contributed by atoms with Crippen LogP contribution in [0.25, 0.3) is 0 Å². The lowest BCUT2D eigenvalue weighted by atomic mass is 9.84. The molecule has 1 aliphatic carbocycles. The zero-order valence-corrected chi connectivity index (χ0v) is 11.3. The molecule has 19 heavy (non-hydrogen) atoms. The predicted molar refractivity (Wildman–Crippen MR) is 74.3 cm³/mol. The van der Waals surface area contributed by atoms with E-state index in [-0.39, 0.29) is 17.5 Å². The summed E-state index contributed by atoms with van der Waals surface area (Å²) < 4.78 is 13.2. The van der Waals surface area contributed by atoms with Crippen molar-refractivity contribution < 1.29 is 9.18 Å². The van der Waals surface area contributed by atoms with Crippen LogP contribution in [0, 0.1) is 11.7 Å². The van der Waals surface area contributed by atoms with Crippen molar-refractivity contribution in [2.75, 3.05) is 5.73 Å². The number of amides is 1. The zero-order valence-electron chi connectivity index (χ0n) is 11.3. The maximum Gasteiger partial charge on any atom is 0.253 e. The van der Waals surface area contributed by atoms with Crippen LogP contribution in [0.1, 0.15) is 49.4 Å². The molecule has 2 rings (SSSR count). The summed E-state index contributed by atoms with van der Waals surface area (Å²) in [5.41, 5.74) is 6.28. The molecule has 104 valence electrons. The van der Waals surface area contributed by atoms with Crippen LogP contribution in [0.4, 0.5) is 10.1 Å². The van der Waals surface area contributed by atoms with Gasteiger partial charge in [-0.3, -0.25) is 4.79 Å². The first-order valence-corrected chi connectivity index (χ1v) is 6.96. The molecule has 3 N–H and O–H groups in total. The van der Waals surface area contributed by atoms with Crippen LogP contribution in [0.2, 0.25) is 0 Å². The highest BCUT2D eigenvalue weighted by molar-refractivity contribution is 5.99. The Morgan fingerprint density at radius 1 is 1.47 bits per heavy atom. The standard InChI is InChI=1S/C15H21FN2O/c1-2-10-4-3-5-12(8-10)18-15(19)13-9-11(16)6-7-14(13)17/h6-7,9-10,12H,2-5,8,17H2,1H3,(H,18,19). The smallest absolute Gasteiger partial charge is 0.253 e. The minimum Gasteiger partial charge on any atom is -0.398 e. The van der Waals surface area contributed by atoms with E-state index in [1.807, 2.05) is 0 Å². The number of rotatable bonds is 3. The number of nitrogens with two attached hydrogens (primary N) is 1. The lowest BCUT2D eigenvalue weighted by Gasteiger charge is -2.29. The van der Waals surface area contributed by atoms with Gasteiger partial charge < -0.3 is 11.1 Å². The Kier molecular flexibility index (Phi) is 4.40. The first-order chi connectivity index (χ1) is 9.10. The van der Waals surface area contributed by atoms with Crippen molar-refractivity contribution in [1.29, 1.82) is 0 Å². The number of benzene rings is 1. The maximum atomic E-state index is 13.2. The van der Waals surface area contributed by atoms with Crippen molar-refractivity contribution in [3.05, 3.63) is 29.6 Å². The van der Waals surface area contributed by atoms with Crippen LogP contribution in [-0.4, -0.2) is 11.9 Å². The van der Waals surface area contributed by atoms with Crippen molar-refractivity contribution in [2.45, 2.75) is 45.1 Å². The second-order valence-electron chi connectivity index (χ2n) is 5.34. The van der Waals surface area contributed by atoms with Gasteiger partial charge in [-0.15, -0.1) is 0 Å². The van der Waals surface area contributed by atoms with Crippen molar-refractivity contribution in [3.63, 3.8) is 0 Å². The molecule has 3 nitrogen and oxygen atoms in total. The minimum atomic E-state index is -0.436. The summed E-state index contributed by atoms with van der Waals surface area (Å²) in [6.07, 6.45) is 5.54. The average Bonchev–Trinajstić information content (AvgIpc) is 2.41. The molecule has 1 aliphatic rings. The molecular weight excluding hydrogens is 243 g/mol. The van der Waals surface area contributed by atoms with Gasteiger partial charge in [0.15, 0.2) is 0 Å². The maximum absolute atomic E-state index is 13.2. The molecule has 0 bridgehead atoms. The Morgan fingerprint density at radius 2 is 2.26 bits per heavy atom. The van der Waals surface area contributed by atoms with Gasteiger partial charge in [-0.25, -0.2) is 4.39 Å². The molecule has 1 aromatic carbocycles. The molecule has 0 radical (unpaired) electrons. The number of carbonyl (C=O) groups excluding carboxylic acids is 1. The summed E-state index contributed by atoms with van der Waals surface area (Å²) >= 11 is 0. The lowest BCUT2D eigenvalue weighted by Crippen LogP contribution is -2.38. The van der Waals surface area contributed by atoms with Gasteiger partial charge in [0.05, 0.1) is 5.56 Å². The number of hydrogen-bond donors (Lipinski definition) is 2. The monoisotopic (exact) mass is 264 g/mol. The van der Waals surface area contributed by atoms with E-state index in [2.05, 4.69) is 12.2 Å². The highest BCUT2D eigenvalue weighted by atomic mass is 19.1. The summed E-state index contributed by atoms with van der Waals surface area (Å²) in [4.78, 5) is 12.1. The summed E-state index contributed by atoms with van der Waals surface area (Å²) in [6.45, 7) is 2.18. The van der Waals surface area contributed by atoms with Crippen molar-refractivity contribution in [3.8, 4) is 0 Å². The van der Waals surface area contributed by atoms with E-state index < -0.39 is 5.82 Å². The normalized spacial score (nSPS) is 23.1. The molecule has 0 heterocycles. The molecule has 0 aromatic heterocycles. The van der Waals surface area contributed by atoms with E-state index in [1.165, 1.54) is 24.6 Å². The molecule has 1 aromatic rings. The number of hydrogen-bond acceptors (Lipinski definition) is 2. The topological polar surface area (TPSA) is 55.1 Å². The van der Waals surface area contributed by atoms with E-state index in [9.17, 15) is 9.18 Å². The fourth-order valence-electron chi connectivity index (χ4n) is 2.78. The Morgan fingerprint density at radius 3 is 3.00 bits per heavy atom. The highest BCUT2D eigenvalue weighted by Gasteiger charge is 2.23. The molecule has 1 saturated carbocycles. The van der Waals surface area contributed by atoms with Gasteiger partial charge in [0.25, 0.3) is 5.91 Å². The summed E-state index contributed by atoms with van der Waals surface area (Å²) in [5.74, 6) is -0.0166. The van der Waals surface area contributed by atoms with E-state index in [0.717, 1.165) is 25.7 Å². The first-order valence-electron chi connectivity index (χ1n) is 6.96. The van der Waals surface area contributed by atoms with Gasteiger partial charge in [-0.2, -0.15) is 0 Å². The predicted octanol–water partition coefficient (Wildman–Crippen LogP) is 3.11.